The zero-order valence-corrected chi connectivity index (χ0v) is 15.1. The molecule has 0 fully saturated rings. The molecule has 1 aromatic carbocycles. The van der Waals surface area contributed by atoms with Gasteiger partial charge in [-0.3, -0.25) is 0 Å². The smallest absolute Gasteiger partial charge is 0.355 e. The van der Waals surface area contributed by atoms with Gasteiger partial charge in [-0.2, -0.15) is 0 Å². The summed E-state index contributed by atoms with van der Waals surface area (Å²) in [6.45, 7) is 2.03. The highest BCUT2D eigenvalue weighted by molar-refractivity contribution is 9.09. The molecule has 3 rings (SSSR count). The van der Waals surface area contributed by atoms with Gasteiger partial charge in [-0.15, -0.1) is 0 Å². The van der Waals surface area contributed by atoms with Crippen molar-refractivity contribution in [1.82, 2.24) is 5.16 Å². The van der Waals surface area contributed by atoms with Gasteiger partial charge in [0.2, 0.25) is 0 Å². The molecule has 5 nitrogen and oxygen atoms in total. The van der Waals surface area contributed by atoms with Gasteiger partial charge in [0.05, 0.1) is 12.8 Å². The topological polar surface area (TPSA) is 55.6 Å². The molecule has 1 aliphatic heterocycles. The molecular weight excluding hydrogens is 399 g/mol. The molecule has 2 heterocycles. The molecular formula is C16H14BrFN2O3S. The summed E-state index contributed by atoms with van der Waals surface area (Å²) in [5, 5.41) is 4.01. The third-order valence-corrected chi connectivity index (χ3v) is 5.69. The van der Waals surface area contributed by atoms with Crippen LogP contribution in [0.5, 0.6) is 0 Å². The van der Waals surface area contributed by atoms with Crippen LogP contribution in [-0.2, 0) is 9.53 Å². The van der Waals surface area contributed by atoms with Crippen molar-refractivity contribution in [3.05, 3.63) is 58.7 Å². The molecule has 1 aromatic heterocycles. The monoisotopic (exact) mass is 412 g/mol. The normalized spacial score (nSPS) is 17.5. The number of alkyl halides is 1. The van der Waals surface area contributed by atoms with Crippen LogP contribution in [0.3, 0.4) is 0 Å². The average Bonchev–Trinajstić information content (AvgIpc) is 3.23. The summed E-state index contributed by atoms with van der Waals surface area (Å²) < 4.78 is 23.5. The second kappa shape index (κ2) is 7.40. The number of anilines is 1. The van der Waals surface area contributed by atoms with E-state index in [1.165, 1.54) is 30.2 Å². The SMILES string of the molecule is CCOC(=O)C1=C(CBr)SC(c2cnoc2)N1c1ccc(F)cc1. The second-order valence-electron chi connectivity index (χ2n) is 4.90. The molecule has 1 atom stereocenters. The molecule has 0 aliphatic carbocycles. The van der Waals surface area contributed by atoms with Crippen molar-refractivity contribution in [2.45, 2.75) is 12.3 Å². The van der Waals surface area contributed by atoms with E-state index in [4.69, 9.17) is 9.26 Å². The minimum Gasteiger partial charge on any atom is -0.461 e. The number of hydrogen-bond acceptors (Lipinski definition) is 6. The molecule has 0 spiro atoms. The summed E-state index contributed by atoms with van der Waals surface area (Å²) in [7, 11) is 0. The molecule has 0 N–H and O–H groups in total. The number of ether oxygens (including phenoxy) is 1. The predicted molar refractivity (Wildman–Crippen MR) is 93.2 cm³/mol. The molecule has 24 heavy (non-hydrogen) atoms. The van der Waals surface area contributed by atoms with Crippen molar-refractivity contribution < 1.29 is 18.4 Å². The van der Waals surface area contributed by atoms with Crippen LogP contribution in [0.4, 0.5) is 10.1 Å². The summed E-state index contributed by atoms with van der Waals surface area (Å²) in [6, 6.07) is 5.98. The molecule has 0 saturated carbocycles. The van der Waals surface area contributed by atoms with Gasteiger partial charge >= 0.3 is 5.97 Å². The molecule has 8 heteroatoms. The summed E-state index contributed by atoms with van der Waals surface area (Å²) in [4.78, 5) is 15.2. The van der Waals surface area contributed by atoms with Crippen molar-refractivity contribution in [3.63, 3.8) is 0 Å². The van der Waals surface area contributed by atoms with Crippen LogP contribution < -0.4 is 4.90 Å². The molecule has 0 saturated heterocycles. The van der Waals surface area contributed by atoms with Gasteiger partial charge in [0.25, 0.3) is 0 Å². The standard InChI is InChI=1S/C16H14BrFN2O3S/c1-2-22-16(21)14-13(7-17)24-15(10-8-19-23-9-10)20(14)12-5-3-11(18)4-6-12/h3-6,8-9,15H,2,7H2,1H3. The molecule has 0 bridgehead atoms. The molecule has 1 aliphatic rings. The van der Waals surface area contributed by atoms with Crippen molar-refractivity contribution in [2.75, 3.05) is 16.8 Å². The van der Waals surface area contributed by atoms with Crippen molar-refractivity contribution >= 4 is 39.3 Å². The Morgan fingerprint density at radius 2 is 2.21 bits per heavy atom. The van der Waals surface area contributed by atoms with Gasteiger partial charge in [-0.1, -0.05) is 32.8 Å². The van der Waals surface area contributed by atoms with E-state index in [-0.39, 0.29) is 17.8 Å². The van der Waals surface area contributed by atoms with Gasteiger partial charge in [0.1, 0.15) is 23.2 Å². The Bertz CT molecular complexity index is 749. The Labute approximate surface area is 151 Å². The Morgan fingerprint density at radius 3 is 2.79 bits per heavy atom. The number of rotatable bonds is 5. The second-order valence-corrected chi connectivity index (χ2v) is 6.64. The number of benzene rings is 1. The maximum Gasteiger partial charge on any atom is 0.355 e. The third kappa shape index (κ3) is 3.21. The molecule has 1 unspecified atom stereocenters. The number of carbonyl (C=O) groups excluding carboxylic acids is 1. The fraction of sp³-hybridized carbons (Fsp3) is 0.250. The van der Waals surface area contributed by atoms with Gasteiger partial charge in [-0.25, -0.2) is 9.18 Å². The highest BCUT2D eigenvalue weighted by Crippen LogP contribution is 2.50. The first-order valence-corrected chi connectivity index (χ1v) is 9.22. The minimum absolute atomic E-state index is 0.242. The van der Waals surface area contributed by atoms with Crippen molar-refractivity contribution in [3.8, 4) is 0 Å². The fourth-order valence-corrected chi connectivity index (χ4v) is 4.29. The number of hydrogen-bond donors (Lipinski definition) is 0. The molecule has 2 aromatic rings. The number of nitrogens with zero attached hydrogens (tertiary/aromatic N) is 2. The van der Waals surface area contributed by atoms with E-state index in [2.05, 4.69) is 21.1 Å². The lowest BCUT2D eigenvalue weighted by atomic mass is 10.2. The number of carbonyl (C=O) groups is 1. The zero-order valence-electron chi connectivity index (χ0n) is 12.7. The Hall–Kier alpha value is -1.80. The van der Waals surface area contributed by atoms with Crippen molar-refractivity contribution in [2.24, 2.45) is 0 Å². The largest absolute Gasteiger partial charge is 0.461 e. The number of esters is 1. The van der Waals surface area contributed by atoms with Crippen LogP contribution in [0.2, 0.25) is 0 Å². The van der Waals surface area contributed by atoms with Crippen LogP contribution in [0.1, 0.15) is 17.9 Å². The number of thioether (sulfide) groups is 1. The van der Waals surface area contributed by atoms with E-state index in [1.54, 1.807) is 25.3 Å². The third-order valence-electron chi connectivity index (χ3n) is 3.42. The molecule has 0 radical (unpaired) electrons. The summed E-state index contributed by atoms with van der Waals surface area (Å²) >= 11 is 4.93. The van der Waals surface area contributed by atoms with Crippen LogP contribution in [0, 0.1) is 5.82 Å². The number of halogens is 2. The van der Waals surface area contributed by atoms with Gasteiger partial charge in [0.15, 0.2) is 0 Å². The van der Waals surface area contributed by atoms with E-state index < -0.39 is 5.97 Å². The van der Waals surface area contributed by atoms with E-state index in [0.717, 1.165) is 10.5 Å². The minimum atomic E-state index is -0.414. The first kappa shape index (κ1) is 17.0. The van der Waals surface area contributed by atoms with Crippen LogP contribution in [0.15, 0.2) is 51.9 Å². The first-order chi connectivity index (χ1) is 11.7. The van der Waals surface area contributed by atoms with Crippen LogP contribution >= 0.6 is 27.7 Å². The zero-order chi connectivity index (χ0) is 17.1. The van der Waals surface area contributed by atoms with Crippen LogP contribution in [-0.4, -0.2) is 23.1 Å². The lowest BCUT2D eigenvalue weighted by molar-refractivity contribution is -0.138. The highest BCUT2D eigenvalue weighted by Gasteiger charge is 2.39. The maximum absolute atomic E-state index is 13.3. The van der Waals surface area contributed by atoms with Crippen molar-refractivity contribution in [1.29, 1.82) is 0 Å². The van der Waals surface area contributed by atoms with Gasteiger partial charge in [-0.05, 0) is 31.2 Å². The highest BCUT2D eigenvalue weighted by atomic mass is 79.9. The van der Waals surface area contributed by atoms with Gasteiger partial charge < -0.3 is 14.2 Å². The van der Waals surface area contributed by atoms with Gasteiger partial charge in [0, 0.05) is 21.5 Å². The lowest BCUT2D eigenvalue weighted by Gasteiger charge is -2.27. The van der Waals surface area contributed by atoms with E-state index >= 15 is 0 Å². The summed E-state index contributed by atoms with van der Waals surface area (Å²) in [6.07, 6.45) is 3.14. The number of allylic oxidation sites excluding steroid dienone is 1. The Kier molecular flexibility index (Phi) is 5.25. The molecule has 0 amide bonds. The van der Waals surface area contributed by atoms with Crippen LogP contribution in [0.25, 0.3) is 0 Å². The Morgan fingerprint density at radius 1 is 1.46 bits per heavy atom. The fourth-order valence-electron chi connectivity index (χ4n) is 2.42. The first-order valence-electron chi connectivity index (χ1n) is 7.22. The average molecular weight is 413 g/mol. The Balaban J connectivity index is 2.08. The summed E-state index contributed by atoms with van der Waals surface area (Å²) in [5.41, 5.74) is 1.94. The summed E-state index contributed by atoms with van der Waals surface area (Å²) in [5.74, 6) is -0.753. The van der Waals surface area contributed by atoms with E-state index in [1.807, 2.05) is 4.90 Å². The predicted octanol–water partition coefficient (Wildman–Crippen LogP) is 4.24. The van der Waals surface area contributed by atoms with E-state index in [0.29, 0.717) is 16.7 Å². The maximum atomic E-state index is 13.3. The number of aromatic nitrogens is 1. The van der Waals surface area contributed by atoms with E-state index in [9.17, 15) is 9.18 Å². The molecule has 126 valence electrons. The lowest BCUT2D eigenvalue weighted by Crippen LogP contribution is -2.28. The quantitative estimate of drug-likeness (QED) is 0.540.